The lowest BCUT2D eigenvalue weighted by Crippen LogP contribution is -2.17. The van der Waals surface area contributed by atoms with Crippen LogP contribution in [0.1, 0.15) is 19.4 Å². The Kier molecular flexibility index (Phi) is 4.61. The van der Waals surface area contributed by atoms with E-state index in [2.05, 4.69) is 26.2 Å². The molecule has 0 saturated carbocycles. The number of aromatic nitrogens is 1. The first kappa shape index (κ1) is 14.4. The minimum absolute atomic E-state index is 0.0151. The molecule has 1 heterocycles. The molecular formula is C12H13BrN2O3. The van der Waals surface area contributed by atoms with Crippen LogP contribution in [0.4, 0.5) is 5.82 Å². The van der Waals surface area contributed by atoms with Gasteiger partial charge in [0, 0.05) is 21.8 Å². The Labute approximate surface area is 113 Å². The molecule has 0 spiro atoms. The molecule has 0 fully saturated rings. The zero-order valence-electron chi connectivity index (χ0n) is 10.2. The van der Waals surface area contributed by atoms with Crippen molar-refractivity contribution in [1.29, 1.82) is 0 Å². The second kappa shape index (κ2) is 5.77. The molecule has 1 aromatic rings. The highest BCUT2D eigenvalue weighted by molar-refractivity contribution is 9.10. The second-order valence-corrected chi connectivity index (χ2v) is 4.68. The molecule has 0 unspecified atom stereocenters. The number of pyridine rings is 1. The van der Waals surface area contributed by atoms with Gasteiger partial charge in [-0.3, -0.25) is 4.79 Å². The number of hydrogen-bond acceptors (Lipinski definition) is 3. The van der Waals surface area contributed by atoms with Crippen molar-refractivity contribution in [2.24, 2.45) is 0 Å². The number of rotatable bonds is 3. The van der Waals surface area contributed by atoms with Crippen LogP contribution in [0.3, 0.4) is 0 Å². The zero-order chi connectivity index (χ0) is 13.9. The highest BCUT2D eigenvalue weighted by Gasteiger charge is 2.13. The van der Waals surface area contributed by atoms with Crippen molar-refractivity contribution < 1.29 is 14.7 Å². The first-order chi connectivity index (χ1) is 8.32. The van der Waals surface area contributed by atoms with Crippen molar-refractivity contribution in [3.05, 3.63) is 33.4 Å². The SMILES string of the molecule is CC(C(=O)O)=C(C)C(=O)Nc1cc(C)c(Br)cn1. The fourth-order valence-corrected chi connectivity index (χ4v) is 1.37. The predicted molar refractivity (Wildman–Crippen MR) is 71.3 cm³/mol. The third-order valence-electron chi connectivity index (χ3n) is 2.51. The summed E-state index contributed by atoms with van der Waals surface area (Å²) in [6.07, 6.45) is 1.58. The molecule has 0 aliphatic rings. The number of amides is 1. The van der Waals surface area contributed by atoms with Crippen molar-refractivity contribution in [3.63, 3.8) is 0 Å². The highest BCUT2D eigenvalue weighted by Crippen LogP contribution is 2.17. The second-order valence-electron chi connectivity index (χ2n) is 3.83. The molecule has 18 heavy (non-hydrogen) atoms. The number of carboxylic acid groups (broad SMARTS) is 1. The molecule has 0 aromatic carbocycles. The normalized spacial score (nSPS) is 11.8. The number of halogens is 1. The maximum absolute atomic E-state index is 11.8. The molecule has 0 aliphatic heterocycles. The Balaban J connectivity index is 2.92. The van der Waals surface area contributed by atoms with Gasteiger partial charge in [-0.15, -0.1) is 0 Å². The van der Waals surface area contributed by atoms with E-state index in [1.54, 1.807) is 12.3 Å². The van der Waals surface area contributed by atoms with Crippen LogP contribution >= 0.6 is 15.9 Å². The van der Waals surface area contributed by atoms with Crippen LogP contribution in [0.25, 0.3) is 0 Å². The lowest BCUT2D eigenvalue weighted by molar-refractivity contribution is -0.133. The summed E-state index contributed by atoms with van der Waals surface area (Å²) < 4.78 is 0.842. The number of anilines is 1. The fraction of sp³-hybridized carbons (Fsp3) is 0.250. The van der Waals surface area contributed by atoms with Crippen LogP contribution in [0.2, 0.25) is 0 Å². The molecular weight excluding hydrogens is 300 g/mol. The quantitative estimate of drug-likeness (QED) is 0.840. The lowest BCUT2D eigenvalue weighted by Gasteiger charge is -2.07. The van der Waals surface area contributed by atoms with E-state index in [-0.39, 0.29) is 11.1 Å². The topological polar surface area (TPSA) is 79.3 Å². The Hall–Kier alpha value is -1.69. The van der Waals surface area contributed by atoms with Crippen LogP contribution in [-0.4, -0.2) is 22.0 Å². The summed E-state index contributed by atoms with van der Waals surface area (Å²) in [7, 11) is 0. The Morgan fingerprint density at radius 3 is 2.44 bits per heavy atom. The molecule has 0 aliphatic carbocycles. The number of nitrogens with one attached hydrogen (secondary N) is 1. The van der Waals surface area contributed by atoms with Gasteiger partial charge in [0.2, 0.25) is 0 Å². The molecule has 0 bridgehead atoms. The van der Waals surface area contributed by atoms with Crippen LogP contribution in [-0.2, 0) is 9.59 Å². The molecule has 0 saturated heterocycles. The molecule has 1 aromatic heterocycles. The Morgan fingerprint density at radius 2 is 1.94 bits per heavy atom. The third kappa shape index (κ3) is 3.40. The van der Waals surface area contributed by atoms with Gasteiger partial charge in [-0.05, 0) is 48.3 Å². The minimum atomic E-state index is -1.11. The molecule has 2 N–H and O–H groups in total. The molecule has 0 radical (unpaired) electrons. The summed E-state index contributed by atoms with van der Waals surface area (Å²) in [5.74, 6) is -1.19. The van der Waals surface area contributed by atoms with E-state index in [0.29, 0.717) is 5.82 Å². The standard InChI is InChI=1S/C12H13BrN2O3/c1-6-4-10(14-5-9(6)13)15-11(16)7(2)8(3)12(17)18/h4-5H,1-3H3,(H,17,18)(H,14,15,16). The maximum atomic E-state index is 11.8. The highest BCUT2D eigenvalue weighted by atomic mass is 79.9. The van der Waals surface area contributed by atoms with Crippen LogP contribution in [0.5, 0.6) is 0 Å². The van der Waals surface area contributed by atoms with Crippen molar-refractivity contribution in [2.75, 3.05) is 5.32 Å². The average molecular weight is 313 g/mol. The molecule has 1 rings (SSSR count). The van der Waals surface area contributed by atoms with Gasteiger partial charge >= 0.3 is 5.97 Å². The summed E-state index contributed by atoms with van der Waals surface area (Å²) in [6.45, 7) is 4.72. The first-order valence-electron chi connectivity index (χ1n) is 5.17. The monoisotopic (exact) mass is 312 g/mol. The number of carboxylic acids is 1. The van der Waals surface area contributed by atoms with Gasteiger partial charge in [0.05, 0.1) is 0 Å². The van der Waals surface area contributed by atoms with Gasteiger partial charge in [0.1, 0.15) is 5.82 Å². The maximum Gasteiger partial charge on any atom is 0.331 e. The van der Waals surface area contributed by atoms with Gasteiger partial charge in [-0.25, -0.2) is 9.78 Å². The summed E-state index contributed by atoms with van der Waals surface area (Å²) >= 11 is 3.30. The first-order valence-corrected chi connectivity index (χ1v) is 5.96. The number of nitrogens with zero attached hydrogens (tertiary/aromatic N) is 1. The van der Waals surface area contributed by atoms with E-state index in [4.69, 9.17) is 5.11 Å². The van der Waals surface area contributed by atoms with Gasteiger partial charge in [0.15, 0.2) is 0 Å². The number of carbonyl (C=O) groups is 2. The number of aliphatic carboxylic acids is 1. The van der Waals surface area contributed by atoms with Crippen molar-refractivity contribution >= 4 is 33.6 Å². The summed E-state index contributed by atoms with van der Waals surface area (Å²) in [5, 5.41) is 11.3. The molecule has 6 heteroatoms. The van der Waals surface area contributed by atoms with E-state index in [9.17, 15) is 9.59 Å². The third-order valence-corrected chi connectivity index (χ3v) is 3.34. The summed E-state index contributed by atoms with van der Waals surface area (Å²) in [4.78, 5) is 26.5. The zero-order valence-corrected chi connectivity index (χ0v) is 11.8. The predicted octanol–water partition coefficient (Wildman–Crippen LogP) is 2.51. The van der Waals surface area contributed by atoms with Gasteiger partial charge < -0.3 is 10.4 Å². The van der Waals surface area contributed by atoms with Crippen LogP contribution < -0.4 is 5.32 Å². The average Bonchev–Trinajstić information content (AvgIpc) is 2.31. The minimum Gasteiger partial charge on any atom is -0.478 e. The van der Waals surface area contributed by atoms with Gasteiger partial charge in [-0.1, -0.05) is 0 Å². The van der Waals surface area contributed by atoms with E-state index in [1.807, 2.05) is 6.92 Å². The number of aryl methyl sites for hydroxylation is 1. The molecule has 96 valence electrons. The van der Waals surface area contributed by atoms with Crippen LogP contribution in [0.15, 0.2) is 27.9 Å². The van der Waals surface area contributed by atoms with Gasteiger partial charge in [0.25, 0.3) is 5.91 Å². The Bertz CT molecular complexity index is 538. The van der Waals surface area contributed by atoms with Crippen molar-refractivity contribution in [2.45, 2.75) is 20.8 Å². The summed E-state index contributed by atoms with van der Waals surface area (Å²) in [5.41, 5.74) is 1.10. The molecule has 1 amide bonds. The molecule has 0 atom stereocenters. The lowest BCUT2D eigenvalue weighted by atomic mass is 10.1. The van der Waals surface area contributed by atoms with Crippen LogP contribution in [0, 0.1) is 6.92 Å². The molecule has 5 nitrogen and oxygen atoms in total. The van der Waals surface area contributed by atoms with E-state index in [0.717, 1.165) is 10.0 Å². The summed E-state index contributed by atoms with van der Waals surface area (Å²) in [6, 6.07) is 1.70. The number of carbonyl (C=O) groups excluding carboxylic acids is 1. The smallest absolute Gasteiger partial charge is 0.331 e. The Morgan fingerprint density at radius 1 is 1.33 bits per heavy atom. The van der Waals surface area contributed by atoms with E-state index in [1.165, 1.54) is 13.8 Å². The number of hydrogen-bond donors (Lipinski definition) is 2. The van der Waals surface area contributed by atoms with Gasteiger partial charge in [-0.2, -0.15) is 0 Å². The van der Waals surface area contributed by atoms with E-state index >= 15 is 0 Å². The fourth-order valence-electron chi connectivity index (χ4n) is 1.15. The van der Waals surface area contributed by atoms with Crippen molar-refractivity contribution in [1.82, 2.24) is 4.98 Å². The largest absolute Gasteiger partial charge is 0.478 e. The van der Waals surface area contributed by atoms with Crippen molar-refractivity contribution in [3.8, 4) is 0 Å². The van der Waals surface area contributed by atoms with E-state index < -0.39 is 11.9 Å².